The Labute approximate surface area is 156 Å². The van der Waals surface area contributed by atoms with Crippen LogP contribution in [0.3, 0.4) is 0 Å². The minimum absolute atomic E-state index is 0.0403. The van der Waals surface area contributed by atoms with Crippen LogP contribution in [0.1, 0.15) is 42.5 Å². The maximum atomic E-state index is 13.2. The molecule has 2 aliphatic rings. The van der Waals surface area contributed by atoms with Gasteiger partial charge in [-0.15, -0.1) is 0 Å². The average molecular weight is 368 g/mol. The molecule has 0 saturated carbocycles. The van der Waals surface area contributed by atoms with E-state index in [0.29, 0.717) is 29.8 Å². The van der Waals surface area contributed by atoms with E-state index in [2.05, 4.69) is 26.9 Å². The zero-order valence-corrected chi connectivity index (χ0v) is 14.8. The zero-order valence-electron chi connectivity index (χ0n) is 14.8. The maximum absolute atomic E-state index is 13.2. The molecule has 0 radical (unpaired) electrons. The number of amides is 2. The Balaban J connectivity index is 1.51. The summed E-state index contributed by atoms with van der Waals surface area (Å²) < 4.78 is 13.2. The van der Waals surface area contributed by atoms with E-state index in [-0.39, 0.29) is 23.0 Å². The normalized spacial score (nSPS) is 21.8. The topological polar surface area (TPSA) is 86.9 Å². The van der Waals surface area contributed by atoms with Crippen LogP contribution in [0.4, 0.5) is 4.39 Å². The first kappa shape index (κ1) is 17.5. The third kappa shape index (κ3) is 3.37. The summed E-state index contributed by atoms with van der Waals surface area (Å²) in [5.74, 6) is -0.530. The standard InChI is InChI=1S/C20H21FN4O2/c21-14-6-4-13(5-7-14)18-15(11-23-25-18)19(27)22-12-20-9-2-1-3-16(20)24-17(26)8-10-20/h3-7,11H,1-2,8-10,12H2,(H,22,27)(H,23,25)(H,24,26). The summed E-state index contributed by atoms with van der Waals surface area (Å²) in [6.07, 6.45) is 7.69. The molecule has 6 nitrogen and oxygen atoms in total. The van der Waals surface area contributed by atoms with Gasteiger partial charge in [-0.1, -0.05) is 6.08 Å². The van der Waals surface area contributed by atoms with E-state index in [0.717, 1.165) is 31.4 Å². The Kier molecular flexibility index (Phi) is 4.51. The molecule has 2 amide bonds. The molecule has 27 heavy (non-hydrogen) atoms. The third-order valence-corrected chi connectivity index (χ3v) is 5.49. The Hall–Kier alpha value is -2.96. The number of nitrogens with one attached hydrogen (secondary N) is 3. The molecule has 2 heterocycles. The molecular weight excluding hydrogens is 347 g/mol. The minimum atomic E-state index is -0.334. The number of aromatic amines is 1. The Bertz CT molecular complexity index is 903. The number of benzene rings is 1. The number of piperidine rings is 1. The van der Waals surface area contributed by atoms with Gasteiger partial charge in [-0.25, -0.2) is 4.39 Å². The predicted octanol–water partition coefficient (Wildman–Crippen LogP) is 2.91. The van der Waals surface area contributed by atoms with Crippen LogP contribution in [0, 0.1) is 11.2 Å². The van der Waals surface area contributed by atoms with Crippen molar-refractivity contribution < 1.29 is 14.0 Å². The number of carbonyl (C=O) groups is 2. The highest BCUT2D eigenvalue weighted by Crippen LogP contribution is 2.42. The molecule has 1 atom stereocenters. The van der Waals surface area contributed by atoms with Crippen molar-refractivity contribution in [1.82, 2.24) is 20.8 Å². The molecule has 1 aliphatic heterocycles. The van der Waals surface area contributed by atoms with Gasteiger partial charge in [0.15, 0.2) is 0 Å². The highest BCUT2D eigenvalue weighted by atomic mass is 19.1. The van der Waals surface area contributed by atoms with Crippen molar-refractivity contribution in [3.05, 3.63) is 53.6 Å². The SMILES string of the molecule is O=C1CCC2(CNC(=O)c3cn[nH]c3-c3ccc(F)cc3)CCCC=C2N1. The number of hydrogen-bond donors (Lipinski definition) is 3. The second kappa shape index (κ2) is 6.98. The van der Waals surface area contributed by atoms with Gasteiger partial charge in [-0.05, 0) is 49.9 Å². The maximum Gasteiger partial charge on any atom is 0.255 e. The predicted molar refractivity (Wildman–Crippen MR) is 98.1 cm³/mol. The number of allylic oxidation sites excluding steroid dienone is 1. The number of rotatable bonds is 4. The van der Waals surface area contributed by atoms with E-state index >= 15 is 0 Å². The zero-order chi connectivity index (χ0) is 18.9. The Morgan fingerprint density at radius 3 is 2.89 bits per heavy atom. The summed E-state index contributed by atoms with van der Waals surface area (Å²) in [5, 5.41) is 12.8. The molecule has 1 aromatic heterocycles. The summed E-state index contributed by atoms with van der Waals surface area (Å²) in [6.45, 7) is 0.464. The van der Waals surface area contributed by atoms with E-state index in [1.54, 1.807) is 12.1 Å². The van der Waals surface area contributed by atoms with Crippen molar-refractivity contribution in [2.75, 3.05) is 6.54 Å². The van der Waals surface area contributed by atoms with Crippen molar-refractivity contribution in [3.8, 4) is 11.3 Å². The number of fused-ring (bicyclic) bond motifs is 1. The number of nitrogens with zero attached hydrogens (tertiary/aromatic N) is 1. The summed E-state index contributed by atoms with van der Waals surface area (Å²) >= 11 is 0. The van der Waals surface area contributed by atoms with Crippen LogP contribution < -0.4 is 10.6 Å². The van der Waals surface area contributed by atoms with E-state index in [9.17, 15) is 14.0 Å². The van der Waals surface area contributed by atoms with Gasteiger partial charge in [0.1, 0.15) is 5.82 Å². The second-order valence-corrected chi connectivity index (χ2v) is 7.19. The second-order valence-electron chi connectivity index (χ2n) is 7.19. The smallest absolute Gasteiger partial charge is 0.255 e. The minimum Gasteiger partial charge on any atom is -0.351 e. The summed E-state index contributed by atoms with van der Waals surface area (Å²) in [5.41, 5.74) is 2.40. The highest BCUT2D eigenvalue weighted by molar-refractivity contribution is 5.99. The van der Waals surface area contributed by atoms with E-state index in [1.807, 2.05) is 0 Å². The number of halogens is 1. The molecule has 4 rings (SSSR count). The van der Waals surface area contributed by atoms with Crippen LogP contribution in [0.5, 0.6) is 0 Å². The monoisotopic (exact) mass is 368 g/mol. The van der Waals surface area contributed by atoms with Gasteiger partial charge in [0.2, 0.25) is 5.91 Å². The van der Waals surface area contributed by atoms with Crippen molar-refractivity contribution in [3.63, 3.8) is 0 Å². The molecule has 1 aromatic carbocycles. The van der Waals surface area contributed by atoms with Crippen LogP contribution >= 0.6 is 0 Å². The first-order valence-electron chi connectivity index (χ1n) is 9.15. The van der Waals surface area contributed by atoms with Crippen LogP contribution in [0.25, 0.3) is 11.3 Å². The van der Waals surface area contributed by atoms with E-state index < -0.39 is 0 Å². The van der Waals surface area contributed by atoms with Crippen molar-refractivity contribution >= 4 is 11.8 Å². The van der Waals surface area contributed by atoms with Crippen molar-refractivity contribution in [2.45, 2.75) is 32.1 Å². The van der Waals surface area contributed by atoms with Gasteiger partial charge >= 0.3 is 0 Å². The molecule has 2 aromatic rings. The number of hydrogen-bond acceptors (Lipinski definition) is 3. The Morgan fingerprint density at radius 1 is 1.26 bits per heavy atom. The average Bonchev–Trinajstić information content (AvgIpc) is 3.17. The lowest BCUT2D eigenvalue weighted by molar-refractivity contribution is -0.122. The molecule has 3 N–H and O–H groups in total. The molecule has 7 heteroatoms. The number of H-pyrrole nitrogens is 1. The summed E-state index contributed by atoms with van der Waals surface area (Å²) in [7, 11) is 0. The molecule has 140 valence electrons. The molecule has 0 spiro atoms. The Morgan fingerprint density at radius 2 is 2.07 bits per heavy atom. The van der Waals surface area contributed by atoms with Gasteiger partial charge in [-0.3, -0.25) is 14.7 Å². The van der Waals surface area contributed by atoms with Gasteiger partial charge in [0.05, 0.1) is 17.5 Å². The van der Waals surface area contributed by atoms with Crippen LogP contribution in [-0.2, 0) is 4.79 Å². The van der Waals surface area contributed by atoms with Crippen molar-refractivity contribution in [1.29, 1.82) is 0 Å². The molecular formula is C20H21FN4O2. The van der Waals surface area contributed by atoms with Gasteiger partial charge in [0.25, 0.3) is 5.91 Å². The van der Waals surface area contributed by atoms with Gasteiger partial charge < -0.3 is 10.6 Å². The fraction of sp³-hybridized carbons (Fsp3) is 0.350. The molecule has 1 aliphatic carbocycles. The molecule has 1 fully saturated rings. The third-order valence-electron chi connectivity index (χ3n) is 5.49. The lowest BCUT2D eigenvalue weighted by Gasteiger charge is -2.42. The fourth-order valence-electron chi connectivity index (χ4n) is 3.96. The number of carbonyl (C=O) groups excluding carboxylic acids is 2. The van der Waals surface area contributed by atoms with E-state index in [1.165, 1.54) is 18.3 Å². The quantitative estimate of drug-likeness (QED) is 0.775. The van der Waals surface area contributed by atoms with Gasteiger partial charge in [0, 0.05) is 29.6 Å². The first-order chi connectivity index (χ1) is 13.1. The lowest BCUT2D eigenvalue weighted by Crippen LogP contribution is -2.48. The highest BCUT2D eigenvalue weighted by Gasteiger charge is 2.40. The molecule has 0 bridgehead atoms. The van der Waals surface area contributed by atoms with Crippen LogP contribution in [-0.4, -0.2) is 28.6 Å². The van der Waals surface area contributed by atoms with E-state index in [4.69, 9.17) is 0 Å². The van der Waals surface area contributed by atoms with Crippen molar-refractivity contribution in [2.24, 2.45) is 5.41 Å². The number of aromatic nitrogens is 2. The lowest BCUT2D eigenvalue weighted by atomic mass is 9.70. The molecule has 1 unspecified atom stereocenters. The van der Waals surface area contributed by atoms with Gasteiger partial charge in [-0.2, -0.15) is 5.10 Å². The summed E-state index contributed by atoms with van der Waals surface area (Å²) in [4.78, 5) is 24.5. The summed E-state index contributed by atoms with van der Waals surface area (Å²) in [6, 6.07) is 5.91. The largest absolute Gasteiger partial charge is 0.351 e. The fourth-order valence-corrected chi connectivity index (χ4v) is 3.96. The molecule has 1 saturated heterocycles. The first-order valence-corrected chi connectivity index (χ1v) is 9.15. The van der Waals surface area contributed by atoms with Crippen LogP contribution in [0.15, 0.2) is 42.2 Å². The van der Waals surface area contributed by atoms with Crippen LogP contribution in [0.2, 0.25) is 0 Å².